The minimum Gasteiger partial charge on any atom is -0.364 e. The summed E-state index contributed by atoms with van der Waals surface area (Å²) in [5.74, 6) is -0.346. The maximum absolute atomic E-state index is 14.0. The maximum atomic E-state index is 14.0. The zero-order valence-corrected chi connectivity index (χ0v) is 21.7. The summed E-state index contributed by atoms with van der Waals surface area (Å²) in [7, 11) is 0. The molecule has 37 heavy (non-hydrogen) atoms. The van der Waals surface area contributed by atoms with Crippen LogP contribution in [0.5, 0.6) is 0 Å². The molecule has 5 rings (SSSR count). The number of nitrogens with two attached hydrogens (primary N) is 1. The van der Waals surface area contributed by atoms with E-state index in [1.54, 1.807) is 9.13 Å². The van der Waals surface area contributed by atoms with E-state index < -0.39 is 5.91 Å². The van der Waals surface area contributed by atoms with Crippen molar-refractivity contribution >= 4 is 17.1 Å². The van der Waals surface area contributed by atoms with Gasteiger partial charge in [-0.25, -0.2) is 19.3 Å². The molecule has 0 fully saturated rings. The summed E-state index contributed by atoms with van der Waals surface area (Å²) in [6.07, 6.45) is 0. The van der Waals surface area contributed by atoms with Crippen LogP contribution in [0.25, 0.3) is 28.2 Å². The Balaban J connectivity index is 1.90. The van der Waals surface area contributed by atoms with Gasteiger partial charge in [0, 0.05) is 5.56 Å². The first-order valence-corrected chi connectivity index (χ1v) is 12.2. The topological polar surface area (TPSA) is 95.8 Å². The van der Waals surface area contributed by atoms with Gasteiger partial charge in [0.25, 0.3) is 5.91 Å². The fraction of sp³-hybridized carbons (Fsp3) is 0.200. The number of benzene rings is 3. The second kappa shape index (κ2) is 9.17. The molecule has 0 spiro atoms. The summed E-state index contributed by atoms with van der Waals surface area (Å²) in [5.41, 5.74) is 13.9. The van der Waals surface area contributed by atoms with E-state index >= 15 is 0 Å². The molecule has 0 bridgehead atoms. The number of rotatable bonds is 5. The molecule has 3 aromatic carbocycles. The monoisotopic (exact) mass is 491 g/mol. The van der Waals surface area contributed by atoms with Crippen LogP contribution < -0.4 is 11.4 Å². The SMILES string of the molecule is Cc1cc(C)c(-c2nc(C(N)=O)c3c(n2)n(-c2ccc(C)c(C)c2)c(=O)n3Cc2ccccc2)c(C)c1. The first-order chi connectivity index (χ1) is 17.7. The van der Waals surface area contributed by atoms with Crippen LogP contribution in [0.4, 0.5) is 0 Å². The number of carbonyl (C=O) groups is 1. The Hall–Kier alpha value is -4.52. The number of hydrogen-bond acceptors (Lipinski definition) is 4. The lowest BCUT2D eigenvalue weighted by atomic mass is 9.99. The van der Waals surface area contributed by atoms with Gasteiger partial charge < -0.3 is 5.73 Å². The molecule has 2 heterocycles. The van der Waals surface area contributed by atoms with Crippen LogP contribution in [0, 0.1) is 34.6 Å². The number of aromatic nitrogens is 4. The second-order valence-electron chi connectivity index (χ2n) is 9.66. The van der Waals surface area contributed by atoms with Crippen molar-refractivity contribution in [3.8, 4) is 17.1 Å². The number of aryl methyl sites for hydroxylation is 5. The Morgan fingerprint density at radius 2 is 1.51 bits per heavy atom. The minimum absolute atomic E-state index is 0.0231. The van der Waals surface area contributed by atoms with E-state index in [-0.39, 0.29) is 17.9 Å². The summed E-state index contributed by atoms with van der Waals surface area (Å²) < 4.78 is 3.10. The number of nitrogens with zero attached hydrogens (tertiary/aromatic N) is 4. The van der Waals surface area contributed by atoms with Crippen LogP contribution in [0.15, 0.2) is 65.5 Å². The van der Waals surface area contributed by atoms with Gasteiger partial charge in [0.15, 0.2) is 17.2 Å². The Bertz CT molecular complexity index is 1720. The second-order valence-corrected chi connectivity index (χ2v) is 9.66. The molecule has 0 unspecified atom stereocenters. The highest BCUT2D eigenvalue weighted by Crippen LogP contribution is 2.29. The van der Waals surface area contributed by atoms with Gasteiger partial charge >= 0.3 is 5.69 Å². The quantitative estimate of drug-likeness (QED) is 0.377. The van der Waals surface area contributed by atoms with Crippen LogP contribution in [0.1, 0.15) is 43.9 Å². The third-order valence-electron chi connectivity index (χ3n) is 6.84. The van der Waals surface area contributed by atoms with Gasteiger partial charge in [0.2, 0.25) is 0 Å². The summed E-state index contributed by atoms with van der Waals surface area (Å²) in [6.45, 7) is 10.3. The van der Waals surface area contributed by atoms with E-state index in [1.165, 1.54) is 0 Å². The zero-order valence-electron chi connectivity index (χ0n) is 21.7. The van der Waals surface area contributed by atoms with Crippen LogP contribution in [-0.4, -0.2) is 25.0 Å². The van der Waals surface area contributed by atoms with Gasteiger partial charge in [-0.2, -0.15) is 0 Å². The van der Waals surface area contributed by atoms with Crippen molar-refractivity contribution in [1.82, 2.24) is 19.1 Å². The van der Waals surface area contributed by atoms with Gasteiger partial charge in [0.1, 0.15) is 5.52 Å². The highest BCUT2D eigenvalue weighted by Gasteiger charge is 2.25. The molecular weight excluding hydrogens is 462 g/mol. The average molecular weight is 492 g/mol. The average Bonchev–Trinajstić information content (AvgIpc) is 3.11. The van der Waals surface area contributed by atoms with Gasteiger partial charge in [-0.3, -0.25) is 9.36 Å². The largest absolute Gasteiger partial charge is 0.364 e. The molecule has 2 aromatic heterocycles. The standard InChI is InChI=1S/C30H29N5O2/c1-17-13-20(4)24(21(5)14-17)28-32-25(27(31)36)26-29(33-28)35(23-12-11-18(2)19(3)15-23)30(37)34(26)16-22-9-7-6-8-10-22/h6-15H,16H2,1-5H3,(H2,31,36). The lowest BCUT2D eigenvalue weighted by Crippen LogP contribution is -2.24. The normalized spacial score (nSPS) is 11.3. The van der Waals surface area contributed by atoms with Gasteiger partial charge in [-0.15, -0.1) is 0 Å². The molecule has 0 radical (unpaired) electrons. The predicted molar refractivity (Wildman–Crippen MR) is 146 cm³/mol. The number of hydrogen-bond donors (Lipinski definition) is 1. The zero-order chi connectivity index (χ0) is 26.4. The number of fused-ring (bicyclic) bond motifs is 1. The van der Waals surface area contributed by atoms with Crippen molar-refractivity contribution < 1.29 is 4.79 Å². The molecule has 5 aromatic rings. The molecule has 186 valence electrons. The van der Waals surface area contributed by atoms with Crippen molar-refractivity contribution in [2.75, 3.05) is 0 Å². The molecule has 0 saturated heterocycles. The van der Waals surface area contributed by atoms with Crippen molar-refractivity contribution in [2.24, 2.45) is 5.73 Å². The van der Waals surface area contributed by atoms with E-state index in [9.17, 15) is 9.59 Å². The van der Waals surface area contributed by atoms with Crippen molar-refractivity contribution in [3.05, 3.63) is 110 Å². The summed E-state index contributed by atoms with van der Waals surface area (Å²) >= 11 is 0. The van der Waals surface area contributed by atoms with E-state index in [2.05, 4.69) is 17.1 Å². The molecule has 0 atom stereocenters. The van der Waals surface area contributed by atoms with Gasteiger partial charge in [0.05, 0.1) is 12.2 Å². The minimum atomic E-state index is -0.713. The summed E-state index contributed by atoms with van der Waals surface area (Å²) in [5, 5.41) is 0. The van der Waals surface area contributed by atoms with Crippen molar-refractivity contribution in [1.29, 1.82) is 0 Å². The molecule has 1 amide bonds. The van der Waals surface area contributed by atoms with Crippen LogP contribution in [0.2, 0.25) is 0 Å². The number of amides is 1. The fourth-order valence-corrected chi connectivity index (χ4v) is 4.98. The molecule has 0 aliphatic carbocycles. The Kier molecular flexibility index (Phi) is 5.99. The van der Waals surface area contributed by atoms with Crippen LogP contribution in [0.3, 0.4) is 0 Å². The van der Waals surface area contributed by atoms with E-state index in [4.69, 9.17) is 10.7 Å². The van der Waals surface area contributed by atoms with Crippen molar-refractivity contribution in [3.63, 3.8) is 0 Å². The molecule has 7 nitrogen and oxygen atoms in total. The van der Waals surface area contributed by atoms with Crippen LogP contribution >= 0.6 is 0 Å². The lowest BCUT2D eigenvalue weighted by Gasteiger charge is -2.12. The highest BCUT2D eigenvalue weighted by molar-refractivity contribution is 6.02. The van der Waals surface area contributed by atoms with Gasteiger partial charge in [-0.05, 0) is 74.6 Å². The van der Waals surface area contributed by atoms with E-state index in [1.807, 2.05) is 83.1 Å². The number of carbonyl (C=O) groups excluding carboxylic acids is 1. The van der Waals surface area contributed by atoms with Crippen molar-refractivity contribution in [2.45, 2.75) is 41.2 Å². The third kappa shape index (κ3) is 4.22. The number of primary amides is 1. The van der Waals surface area contributed by atoms with E-state index in [0.717, 1.165) is 38.9 Å². The summed E-state index contributed by atoms with van der Waals surface area (Å²) in [6, 6.07) is 19.5. The Morgan fingerprint density at radius 1 is 0.838 bits per heavy atom. The number of imidazole rings is 1. The fourth-order valence-electron chi connectivity index (χ4n) is 4.98. The Morgan fingerprint density at radius 3 is 2.14 bits per heavy atom. The smallest absolute Gasteiger partial charge is 0.335 e. The maximum Gasteiger partial charge on any atom is 0.335 e. The predicted octanol–water partition coefficient (Wildman–Crippen LogP) is 4.94. The Labute approximate surface area is 215 Å². The van der Waals surface area contributed by atoms with E-state index in [0.29, 0.717) is 22.7 Å². The first kappa shape index (κ1) is 24.2. The molecule has 7 heteroatoms. The van der Waals surface area contributed by atoms with Crippen LogP contribution in [-0.2, 0) is 6.54 Å². The molecule has 0 saturated carbocycles. The molecular formula is C30H29N5O2. The first-order valence-electron chi connectivity index (χ1n) is 12.2. The highest BCUT2D eigenvalue weighted by atomic mass is 16.2. The van der Waals surface area contributed by atoms with Gasteiger partial charge in [-0.1, -0.05) is 54.1 Å². The molecule has 0 aliphatic rings. The molecule has 0 aliphatic heterocycles. The summed E-state index contributed by atoms with van der Waals surface area (Å²) in [4.78, 5) is 36.3. The third-order valence-corrected chi connectivity index (χ3v) is 6.84. The lowest BCUT2D eigenvalue weighted by molar-refractivity contribution is 0.0997. The molecule has 2 N–H and O–H groups in total.